The van der Waals surface area contributed by atoms with Crippen molar-refractivity contribution >= 4 is 39.9 Å². The number of benzene rings is 2. The summed E-state index contributed by atoms with van der Waals surface area (Å²) in [6.07, 6.45) is 0.998. The van der Waals surface area contributed by atoms with Crippen molar-refractivity contribution in [2.24, 2.45) is 0 Å². The van der Waals surface area contributed by atoms with E-state index in [-0.39, 0.29) is 18.2 Å². The van der Waals surface area contributed by atoms with E-state index >= 15 is 0 Å². The zero-order valence-corrected chi connectivity index (χ0v) is 18.9. The Balaban J connectivity index is 1.65. The monoisotopic (exact) mass is 457 g/mol. The number of amides is 2. The number of carbonyl (C=O) groups is 2. The highest BCUT2D eigenvalue weighted by atomic mass is 35.5. The molecule has 2 amide bonds. The smallest absolute Gasteiger partial charge is 0.228 e. The summed E-state index contributed by atoms with van der Waals surface area (Å²) in [5.74, 6) is 0.321. The van der Waals surface area contributed by atoms with Crippen molar-refractivity contribution < 1.29 is 14.3 Å². The molecule has 3 rings (SSSR count). The van der Waals surface area contributed by atoms with E-state index in [1.165, 1.54) is 18.3 Å². The Kier molecular flexibility index (Phi) is 8.03. The molecular formula is C23H24ClN3O3S. The van der Waals surface area contributed by atoms with Crippen molar-refractivity contribution in [1.82, 2.24) is 10.3 Å². The normalized spacial score (nSPS) is 11.6. The number of anilines is 1. The van der Waals surface area contributed by atoms with Crippen molar-refractivity contribution in [3.8, 4) is 17.0 Å². The minimum atomic E-state index is -0.527. The van der Waals surface area contributed by atoms with Crippen molar-refractivity contribution in [1.29, 1.82) is 0 Å². The van der Waals surface area contributed by atoms with E-state index < -0.39 is 6.04 Å². The first-order valence-electron chi connectivity index (χ1n) is 9.96. The maximum Gasteiger partial charge on any atom is 0.228 e. The second-order valence-corrected chi connectivity index (χ2v) is 8.20. The molecule has 0 aliphatic rings. The number of nitrogens with zero attached hydrogens (tertiary/aromatic N) is 1. The Labute approximate surface area is 190 Å². The van der Waals surface area contributed by atoms with Gasteiger partial charge in [-0.05, 0) is 42.3 Å². The predicted molar refractivity (Wildman–Crippen MR) is 125 cm³/mol. The van der Waals surface area contributed by atoms with E-state index in [4.69, 9.17) is 16.3 Å². The van der Waals surface area contributed by atoms with Crippen LogP contribution >= 0.6 is 22.9 Å². The molecule has 0 radical (unpaired) electrons. The molecule has 31 heavy (non-hydrogen) atoms. The van der Waals surface area contributed by atoms with Gasteiger partial charge in [-0.1, -0.05) is 36.7 Å². The van der Waals surface area contributed by atoms with Crippen LogP contribution in [0.3, 0.4) is 0 Å². The third-order valence-electron chi connectivity index (χ3n) is 4.42. The molecule has 2 aromatic carbocycles. The van der Waals surface area contributed by atoms with Crippen LogP contribution in [0.15, 0.2) is 53.9 Å². The molecule has 1 atom stereocenters. The van der Waals surface area contributed by atoms with Gasteiger partial charge in [0.1, 0.15) is 5.75 Å². The number of aromatic nitrogens is 1. The minimum absolute atomic E-state index is 0.0433. The van der Waals surface area contributed by atoms with Crippen LogP contribution in [-0.4, -0.2) is 23.4 Å². The molecule has 0 aliphatic heterocycles. The van der Waals surface area contributed by atoms with E-state index in [2.05, 4.69) is 22.5 Å². The van der Waals surface area contributed by atoms with Crippen LogP contribution in [0.2, 0.25) is 5.02 Å². The summed E-state index contributed by atoms with van der Waals surface area (Å²) in [5.41, 5.74) is 2.40. The van der Waals surface area contributed by atoms with Crippen LogP contribution in [0.4, 0.5) is 5.13 Å². The van der Waals surface area contributed by atoms with Gasteiger partial charge in [0, 0.05) is 22.9 Å². The van der Waals surface area contributed by atoms with E-state index in [0.29, 0.717) is 22.3 Å². The highest BCUT2D eigenvalue weighted by Gasteiger charge is 2.20. The standard InChI is InChI=1S/C23H24ClN3O3S/c1-3-12-30-17-10-8-16(9-11-17)21-14-31-23(26-21)27-22(29)13-20(25-15(2)28)18-6-4-5-7-19(18)24/h4-11,14,20H,3,12-13H2,1-2H3,(H,25,28)(H,26,27,29)/t20-/m1/s1. The van der Waals surface area contributed by atoms with E-state index in [9.17, 15) is 9.59 Å². The molecule has 0 spiro atoms. The lowest BCUT2D eigenvalue weighted by atomic mass is 10.0. The van der Waals surface area contributed by atoms with Gasteiger partial charge < -0.3 is 15.4 Å². The second kappa shape index (κ2) is 10.9. The maximum atomic E-state index is 12.6. The molecule has 0 unspecified atom stereocenters. The number of hydrogen-bond acceptors (Lipinski definition) is 5. The highest BCUT2D eigenvalue weighted by Crippen LogP contribution is 2.28. The first kappa shape index (κ1) is 22.8. The van der Waals surface area contributed by atoms with Crippen LogP contribution < -0.4 is 15.4 Å². The maximum absolute atomic E-state index is 12.6. The van der Waals surface area contributed by atoms with Gasteiger partial charge in [-0.25, -0.2) is 4.98 Å². The molecule has 0 saturated carbocycles. The van der Waals surface area contributed by atoms with Crippen LogP contribution in [0.25, 0.3) is 11.3 Å². The highest BCUT2D eigenvalue weighted by molar-refractivity contribution is 7.14. The summed E-state index contributed by atoms with van der Waals surface area (Å²) in [6, 6.07) is 14.3. The lowest BCUT2D eigenvalue weighted by molar-refractivity contribution is -0.120. The predicted octanol–water partition coefficient (Wildman–Crippen LogP) is 5.46. The minimum Gasteiger partial charge on any atom is -0.494 e. The van der Waals surface area contributed by atoms with Crippen molar-refractivity contribution in [2.75, 3.05) is 11.9 Å². The van der Waals surface area contributed by atoms with Crippen molar-refractivity contribution in [3.05, 3.63) is 64.5 Å². The quantitative estimate of drug-likeness (QED) is 0.447. The Morgan fingerprint density at radius 2 is 1.90 bits per heavy atom. The fourth-order valence-electron chi connectivity index (χ4n) is 3.00. The molecular weight excluding hydrogens is 434 g/mol. The van der Waals surface area contributed by atoms with Crippen LogP contribution in [0.1, 0.15) is 38.3 Å². The zero-order chi connectivity index (χ0) is 22.2. The van der Waals surface area contributed by atoms with E-state index in [0.717, 1.165) is 23.4 Å². The number of carbonyl (C=O) groups excluding carboxylic acids is 2. The van der Waals surface area contributed by atoms with Gasteiger partial charge in [-0.2, -0.15) is 0 Å². The first-order chi connectivity index (χ1) is 15.0. The number of halogens is 1. The third-order valence-corrected chi connectivity index (χ3v) is 5.52. The molecule has 0 fully saturated rings. The lowest BCUT2D eigenvalue weighted by Crippen LogP contribution is -2.30. The average Bonchev–Trinajstić information content (AvgIpc) is 3.20. The zero-order valence-electron chi connectivity index (χ0n) is 17.4. The summed E-state index contributed by atoms with van der Waals surface area (Å²) >= 11 is 7.60. The summed E-state index contributed by atoms with van der Waals surface area (Å²) in [4.78, 5) is 28.7. The topological polar surface area (TPSA) is 80.3 Å². The molecule has 0 saturated heterocycles. The summed E-state index contributed by atoms with van der Waals surface area (Å²) in [6.45, 7) is 4.15. The Morgan fingerprint density at radius 1 is 1.16 bits per heavy atom. The molecule has 1 heterocycles. The SMILES string of the molecule is CCCOc1ccc(-c2csc(NC(=O)C[C@@H](NC(C)=O)c3ccccc3Cl)n2)cc1. The lowest BCUT2D eigenvalue weighted by Gasteiger charge is -2.18. The number of thiazole rings is 1. The number of ether oxygens (including phenoxy) is 1. The fraction of sp³-hybridized carbons (Fsp3) is 0.261. The van der Waals surface area contributed by atoms with Crippen molar-refractivity contribution in [3.63, 3.8) is 0 Å². The van der Waals surface area contributed by atoms with Crippen molar-refractivity contribution in [2.45, 2.75) is 32.7 Å². The Hall–Kier alpha value is -2.90. The first-order valence-corrected chi connectivity index (χ1v) is 11.2. The molecule has 8 heteroatoms. The second-order valence-electron chi connectivity index (χ2n) is 6.94. The van der Waals surface area contributed by atoms with Gasteiger partial charge >= 0.3 is 0 Å². The third kappa shape index (κ3) is 6.54. The van der Waals surface area contributed by atoms with Gasteiger partial charge in [0.25, 0.3) is 0 Å². The molecule has 0 bridgehead atoms. The molecule has 2 N–H and O–H groups in total. The number of nitrogens with one attached hydrogen (secondary N) is 2. The molecule has 0 aliphatic carbocycles. The van der Waals surface area contributed by atoms with Crippen LogP contribution in [-0.2, 0) is 9.59 Å². The summed E-state index contributed by atoms with van der Waals surface area (Å²) in [7, 11) is 0. The van der Waals surface area contributed by atoms with Gasteiger partial charge in [-0.3, -0.25) is 9.59 Å². The molecule has 6 nitrogen and oxygen atoms in total. The van der Waals surface area contributed by atoms with Gasteiger partial charge in [0.15, 0.2) is 5.13 Å². The molecule has 3 aromatic rings. The summed E-state index contributed by atoms with van der Waals surface area (Å²) in [5, 5.41) is 8.48. The van der Waals surface area contributed by atoms with E-state index in [1.54, 1.807) is 18.2 Å². The largest absolute Gasteiger partial charge is 0.494 e. The number of rotatable bonds is 9. The van der Waals surface area contributed by atoms with Gasteiger partial charge in [0.2, 0.25) is 11.8 Å². The fourth-order valence-corrected chi connectivity index (χ4v) is 4.01. The summed E-state index contributed by atoms with van der Waals surface area (Å²) < 4.78 is 5.60. The van der Waals surface area contributed by atoms with Gasteiger partial charge in [0.05, 0.1) is 24.8 Å². The molecule has 1 aromatic heterocycles. The van der Waals surface area contributed by atoms with Gasteiger partial charge in [-0.15, -0.1) is 11.3 Å². The van der Waals surface area contributed by atoms with E-state index in [1.807, 2.05) is 35.7 Å². The van der Waals surface area contributed by atoms with Crippen LogP contribution in [0.5, 0.6) is 5.75 Å². The average molecular weight is 458 g/mol. The number of hydrogen-bond donors (Lipinski definition) is 2. The Bertz CT molecular complexity index is 1040. The molecule has 162 valence electrons. The Morgan fingerprint density at radius 3 is 2.58 bits per heavy atom. The van der Waals surface area contributed by atoms with Crippen LogP contribution in [0, 0.1) is 0 Å².